The Hall–Kier alpha value is -3.28. The summed E-state index contributed by atoms with van der Waals surface area (Å²) in [4.78, 5) is 44.6. The molecule has 1 aromatic heterocycles. The van der Waals surface area contributed by atoms with Crippen LogP contribution in [-0.4, -0.2) is 33.9 Å². The number of nitrogens with zero attached hydrogens (tertiary/aromatic N) is 2. The van der Waals surface area contributed by atoms with Crippen LogP contribution in [-0.2, 0) is 9.59 Å². The van der Waals surface area contributed by atoms with Gasteiger partial charge in [-0.2, -0.15) is 0 Å². The molecule has 0 radical (unpaired) electrons. The van der Waals surface area contributed by atoms with Crippen LogP contribution < -0.4 is 10.6 Å². The van der Waals surface area contributed by atoms with Gasteiger partial charge in [-0.3, -0.25) is 25.2 Å². The molecule has 9 nitrogen and oxygen atoms in total. The van der Waals surface area contributed by atoms with Gasteiger partial charge in [0.15, 0.2) is 0 Å². The number of barbiturate groups is 1. The predicted octanol–water partition coefficient (Wildman–Crippen LogP) is -0.381. The highest BCUT2D eigenvalue weighted by molar-refractivity contribution is 6.14. The fourth-order valence-corrected chi connectivity index (χ4v) is 1.01. The zero-order chi connectivity index (χ0) is 15.5. The number of imide groups is 2. The number of carbonyl (C=O) groups is 4. The van der Waals surface area contributed by atoms with E-state index in [-0.39, 0.29) is 12.0 Å². The minimum atomic E-state index is -0.919. The number of nitrogens with one attached hydrogen (secondary N) is 2. The molecule has 0 spiro atoms. The van der Waals surface area contributed by atoms with Crippen molar-refractivity contribution in [1.29, 1.82) is 5.26 Å². The largest absolute Gasteiger partial charge is 0.512 e. The molecule has 4 amide bonds. The molecule has 0 unspecified atom stereocenters. The number of pyridine rings is 1. The first-order valence-electron chi connectivity index (χ1n) is 4.98. The summed E-state index contributed by atoms with van der Waals surface area (Å²) in [6.45, 7) is 4.75. The number of rotatable bonds is 1. The molecule has 0 aliphatic carbocycles. The zero-order valence-electron chi connectivity index (χ0n) is 9.99. The number of urea groups is 1. The molecule has 104 valence electrons. The van der Waals surface area contributed by atoms with Crippen molar-refractivity contribution >= 4 is 23.8 Å². The summed E-state index contributed by atoms with van der Waals surface area (Å²) < 4.78 is 0. The molecule has 1 aromatic rings. The van der Waals surface area contributed by atoms with E-state index in [1.54, 1.807) is 0 Å². The third-order valence-corrected chi connectivity index (χ3v) is 1.75. The van der Waals surface area contributed by atoms with Crippen molar-refractivity contribution in [2.75, 3.05) is 0 Å². The standard InChI is InChI=1S/C6H5NO2.C4H4N2O3.CN/c8-6(9)5-1-3-7-4-2-5;7-2-1-3(8)6-4(9)5-2;1-2/h1-4H,(H,8,9);1H2,(H2,5,6,7,8,9);/q;;-1. The number of hydrogen-bond donors (Lipinski definition) is 3. The molecule has 2 heterocycles. The number of aromatic nitrogens is 1. The van der Waals surface area contributed by atoms with Crippen LogP contribution in [0.1, 0.15) is 16.8 Å². The van der Waals surface area contributed by atoms with Crippen LogP contribution in [0.15, 0.2) is 24.5 Å². The van der Waals surface area contributed by atoms with E-state index < -0.39 is 23.8 Å². The van der Waals surface area contributed by atoms with Gasteiger partial charge in [-0.15, -0.1) is 0 Å². The topological polar surface area (TPSA) is 149 Å². The fourth-order valence-electron chi connectivity index (χ4n) is 1.01. The lowest BCUT2D eigenvalue weighted by Gasteiger charge is -2.09. The minimum absolute atomic E-state index is 0.258. The van der Waals surface area contributed by atoms with E-state index in [0.717, 1.165) is 0 Å². The maximum Gasteiger partial charge on any atom is 0.335 e. The fraction of sp³-hybridized carbons (Fsp3) is 0.0909. The molecule has 0 bridgehead atoms. The summed E-state index contributed by atoms with van der Waals surface area (Å²) in [5.41, 5.74) is 0.269. The summed E-state index contributed by atoms with van der Waals surface area (Å²) in [7, 11) is 0. The van der Waals surface area contributed by atoms with Gasteiger partial charge in [0.05, 0.1) is 5.56 Å². The Morgan fingerprint density at radius 3 is 1.90 bits per heavy atom. The summed E-state index contributed by atoms with van der Waals surface area (Å²) in [5.74, 6) is -2.02. The molecule has 1 aliphatic rings. The Bertz CT molecular complexity index is 481. The summed E-state index contributed by atoms with van der Waals surface area (Å²) in [6.07, 6.45) is 2.64. The van der Waals surface area contributed by atoms with Gasteiger partial charge in [0.2, 0.25) is 11.8 Å². The van der Waals surface area contributed by atoms with Crippen molar-refractivity contribution in [2.24, 2.45) is 0 Å². The van der Waals surface area contributed by atoms with Crippen LogP contribution in [0.3, 0.4) is 0 Å². The van der Waals surface area contributed by atoms with E-state index in [4.69, 9.17) is 16.9 Å². The van der Waals surface area contributed by atoms with Gasteiger partial charge in [0.25, 0.3) is 0 Å². The van der Waals surface area contributed by atoms with Crippen molar-refractivity contribution in [2.45, 2.75) is 6.42 Å². The number of carboxylic acids is 1. The van der Waals surface area contributed by atoms with E-state index in [1.165, 1.54) is 24.5 Å². The van der Waals surface area contributed by atoms with Crippen LogP contribution in [0.4, 0.5) is 4.79 Å². The first kappa shape index (κ1) is 16.7. The zero-order valence-corrected chi connectivity index (χ0v) is 9.99. The molecule has 1 fully saturated rings. The summed E-state index contributed by atoms with van der Waals surface area (Å²) in [5, 5.41) is 18.4. The average molecular weight is 277 g/mol. The minimum Gasteiger partial charge on any atom is -0.512 e. The predicted molar refractivity (Wildman–Crippen MR) is 62.5 cm³/mol. The lowest BCUT2D eigenvalue weighted by Crippen LogP contribution is -2.49. The molecule has 1 saturated heterocycles. The van der Waals surface area contributed by atoms with Crippen LogP contribution >= 0.6 is 0 Å². The smallest absolute Gasteiger partial charge is 0.335 e. The quantitative estimate of drug-likeness (QED) is 0.467. The first-order chi connectivity index (χ1) is 9.49. The highest BCUT2D eigenvalue weighted by Gasteiger charge is 2.20. The second kappa shape index (κ2) is 8.76. The molecule has 9 heteroatoms. The van der Waals surface area contributed by atoms with Crippen molar-refractivity contribution in [3.63, 3.8) is 0 Å². The molecule has 2 rings (SSSR count). The second-order valence-corrected chi connectivity index (χ2v) is 3.14. The summed E-state index contributed by atoms with van der Waals surface area (Å²) >= 11 is 0. The van der Waals surface area contributed by atoms with Crippen molar-refractivity contribution in [3.8, 4) is 0 Å². The molecule has 0 atom stereocenters. The third kappa shape index (κ3) is 6.45. The van der Waals surface area contributed by atoms with Crippen molar-refractivity contribution < 1.29 is 24.3 Å². The number of amides is 4. The van der Waals surface area contributed by atoms with Crippen LogP contribution in [0.2, 0.25) is 0 Å². The highest BCUT2D eigenvalue weighted by Crippen LogP contribution is 1.93. The highest BCUT2D eigenvalue weighted by atomic mass is 16.4. The van der Waals surface area contributed by atoms with E-state index in [1.807, 2.05) is 10.6 Å². The first-order valence-corrected chi connectivity index (χ1v) is 4.98. The van der Waals surface area contributed by atoms with Gasteiger partial charge in [-0.05, 0) is 12.1 Å². The van der Waals surface area contributed by atoms with Gasteiger partial charge >= 0.3 is 12.0 Å². The maximum absolute atomic E-state index is 10.3. The molecule has 0 aromatic carbocycles. The van der Waals surface area contributed by atoms with Gasteiger partial charge in [-0.25, -0.2) is 9.59 Å². The lowest BCUT2D eigenvalue weighted by atomic mass is 10.3. The number of carboxylic acid groups (broad SMARTS) is 1. The van der Waals surface area contributed by atoms with E-state index in [2.05, 4.69) is 4.98 Å². The van der Waals surface area contributed by atoms with Crippen LogP contribution in [0.5, 0.6) is 0 Å². The van der Waals surface area contributed by atoms with E-state index in [9.17, 15) is 19.2 Å². The summed E-state index contributed by atoms with van der Waals surface area (Å²) in [6, 6.07) is 2.15. The van der Waals surface area contributed by atoms with Gasteiger partial charge < -0.3 is 16.9 Å². The molecule has 20 heavy (non-hydrogen) atoms. The molecule has 0 saturated carbocycles. The molecular weight excluding hydrogens is 268 g/mol. The maximum atomic E-state index is 10.3. The Labute approximate surface area is 113 Å². The van der Waals surface area contributed by atoms with E-state index >= 15 is 0 Å². The average Bonchev–Trinajstić information content (AvgIpc) is 2.41. The molecule has 1 aliphatic heterocycles. The Morgan fingerprint density at radius 2 is 1.60 bits per heavy atom. The Morgan fingerprint density at radius 1 is 1.15 bits per heavy atom. The van der Waals surface area contributed by atoms with Gasteiger partial charge in [0.1, 0.15) is 6.42 Å². The van der Waals surface area contributed by atoms with Crippen molar-refractivity contribution in [1.82, 2.24) is 15.6 Å². The van der Waals surface area contributed by atoms with Crippen LogP contribution in [0, 0.1) is 11.8 Å². The number of hydrogen-bond acceptors (Lipinski definition) is 6. The Balaban J connectivity index is 0.000000321. The third-order valence-electron chi connectivity index (χ3n) is 1.75. The second-order valence-electron chi connectivity index (χ2n) is 3.14. The normalized spacial score (nSPS) is 12.6. The number of carbonyl (C=O) groups excluding carboxylic acids is 3. The van der Waals surface area contributed by atoms with Crippen LogP contribution in [0.25, 0.3) is 0 Å². The van der Waals surface area contributed by atoms with Gasteiger partial charge in [-0.1, -0.05) is 0 Å². The molecule has 3 N–H and O–H groups in total. The lowest BCUT2D eigenvalue weighted by molar-refractivity contribution is -0.129. The monoisotopic (exact) mass is 277 g/mol. The molecular formula is C11H9N4O5-. The van der Waals surface area contributed by atoms with Gasteiger partial charge in [0, 0.05) is 12.4 Å². The Kier molecular flexibility index (Phi) is 7.32. The SMILES string of the molecule is O=C(O)c1ccncc1.O=C1CC(=O)NC(=O)N1.[C-]#N. The van der Waals surface area contributed by atoms with E-state index in [0.29, 0.717) is 0 Å². The van der Waals surface area contributed by atoms with Crippen molar-refractivity contribution in [3.05, 3.63) is 36.7 Å². The number of aromatic carboxylic acids is 1.